The van der Waals surface area contributed by atoms with Crippen LogP contribution >= 0.6 is 0 Å². The summed E-state index contributed by atoms with van der Waals surface area (Å²) < 4.78 is 13.5. The first-order chi connectivity index (χ1) is 15.4. The van der Waals surface area contributed by atoms with Gasteiger partial charge in [0, 0.05) is 19.3 Å². The minimum Gasteiger partial charge on any atom is -0.370 e. The van der Waals surface area contributed by atoms with E-state index in [0.717, 1.165) is 61.2 Å². The molecule has 1 N–H and O–H groups in total. The van der Waals surface area contributed by atoms with Crippen LogP contribution in [0.2, 0.25) is 0 Å². The smallest absolute Gasteiger partial charge is 0.156 e. The predicted octanol–water partition coefficient (Wildman–Crippen LogP) is 6.49. The van der Waals surface area contributed by atoms with Crippen LogP contribution in [0.1, 0.15) is 58.1 Å². The van der Waals surface area contributed by atoms with Crippen LogP contribution in [0.4, 0.5) is 4.39 Å². The van der Waals surface area contributed by atoms with Crippen molar-refractivity contribution in [2.75, 3.05) is 13.1 Å². The van der Waals surface area contributed by atoms with E-state index in [0.29, 0.717) is 5.92 Å². The van der Waals surface area contributed by atoms with E-state index in [1.807, 2.05) is 31.2 Å². The third kappa shape index (κ3) is 4.67. The lowest BCUT2D eigenvalue weighted by Gasteiger charge is -2.46. The Morgan fingerprint density at radius 3 is 2.44 bits per heavy atom. The highest BCUT2D eigenvalue weighted by atomic mass is 19.1. The summed E-state index contributed by atoms with van der Waals surface area (Å²) in [6.45, 7) is 8.23. The van der Waals surface area contributed by atoms with E-state index in [1.165, 1.54) is 12.1 Å². The molecule has 2 atom stereocenters. The molecule has 0 saturated carbocycles. The molecule has 170 valence electrons. The summed E-state index contributed by atoms with van der Waals surface area (Å²) in [4.78, 5) is 4.46. The second-order valence-corrected chi connectivity index (χ2v) is 9.42. The van der Waals surface area contributed by atoms with Crippen LogP contribution in [0.5, 0.6) is 0 Å². The number of hydrogen-bond acceptors (Lipinski definition) is 3. The largest absolute Gasteiger partial charge is 0.370 e. The number of likely N-dealkylation sites (tertiary alicyclic amines) is 1. The zero-order valence-corrected chi connectivity index (χ0v) is 19.5. The van der Waals surface area contributed by atoms with Crippen LogP contribution in [0, 0.1) is 11.7 Å². The molecule has 32 heavy (non-hydrogen) atoms. The summed E-state index contributed by atoms with van der Waals surface area (Å²) in [6.07, 6.45) is 10.6. The maximum Gasteiger partial charge on any atom is 0.156 e. The van der Waals surface area contributed by atoms with E-state index >= 15 is 0 Å². The Hall–Kier alpha value is -2.43. The van der Waals surface area contributed by atoms with Crippen molar-refractivity contribution >= 4 is 0 Å². The molecule has 0 bridgehead atoms. The molecule has 1 saturated heterocycles. The summed E-state index contributed by atoms with van der Waals surface area (Å²) in [7, 11) is 0. The number of aliphatic hydroxyl groups is 1. The highest BCUT2D eigenvalue weighted by Crippen LogP contribution is 2.39. The van der Waals surface area contributed by atoms with Crippen LogP contribution in [-0.2, 0) is 0 Å². The highest BCUT2D eigenvalue weighted by Gasteiger charge is 2.39. The van der Waals surface area contributed by atoms with Gasteiger partial charge in [0.25, 0.3) is 0 Å². The van der Waals surface area contributed by atoms with Gasteiger partial charge in [-0.15, -0.1) is 0 Å². The Kier molecular flexibility index (Phi) is 6.82. The molecule has 2 heterocycles. The topological polar surface area (TPSA) is 26.7 Å². The zero-order chi connectivity index (χ0) is 22.7. The van der Waals surface area contributed by atoms with E-state index in [9.17, 15) is 9.50 Å². The van der Waals surface area contributed by atoms with Gasteiger partial charge in [-0.3, -0.25) is 4.90 Å². The SMILES string of the molecule is CC1CCN(C(C)(O)C2=CCCC=CN2[C@@H](C)c2ccccc2-c2ccc(F)cc2)CC1. The number of hydrogen-bond donors (Lipinski definition) is 1. The van der Waals surface area contributed by atoms with Crippen LogP contribution in [0.3, 0.4) is 0 Å². The average Bonchev–Trinajstić information content (AvgIpc) is 3.06. The molecule has 3 nitrogen and oxygen atoms in total. The fraction of sp³-hybridized carbons (Fsp3) is 0.429. The van der Waals surface area contributed by atoms with E-state index in [2.05, 4.69) is 54.1 Å². The summed E-state index contributed by atoms with van der Waals surface area (Å²) >= 11 is 0. The Bertz CT molecular complexity index is 971. The minimum absolute atomic E-state index is 0.00652. The standard InChI is InChI=1S/C28H35FN2O/c1-21-16-19-30(20-17-21)28(3,32)27-11-5-4-8-18-31(27)22(2)25-9-6-7-10-26(25)23-12-14-24(29)15-13-23/h6-15,18,21-22,32H,4-5,16-17,19-20H2,1-3H3/t22-,28?/m0/s1. The lowest BCUT2D eigenvalue weighted by Crippen LogP contribution is -2.54. The summed E-state index contributed by atoms with van der Waals surface area (Å²) in [6, 6.07) is 15.0. The quantitative estimate of drug-likeness (QED) is 0.583. The molecular formula is C28H35FN2O. The van der Waals surface area contributed by atoms with Gasteiger partial charge in [-0.05, 0) is 74.3 Å². The van der Waals surface area contributed by atoms with Gasteiger partial charge in [-0.25, -0.2) is 4.39 Å². The number of piperidine rings is 1. The molecule has 2 aromatic rings. The third-order valence-electron chi connectivity index (χ3n) is 7.08. The third-order valence-corrected chi connectivity index (χ3v) is 7.08. The van der Waals surface area contributed by atoms with Gasteiger partial charge in [0.1, 0.15) is 5.82 Å². The molecule has 0 radical (unpaired) electrons. The first-order valence-corrected chi connectivity index (χ1v) is 11.9. The maximum atomic E-state index is 13.5. The van der Waals surface area contributed by atoms with Gasteiger partial charge in [-0.2, -0.15) is 0 Å². The van der Waals surface area contributed by atoms with Crippen molar-refractivity contribution in [3.05, 3.63) is 84.0 Å². The van der Waals surface area contributed by atoms with Crippen molar-refractivity contribution in [3.63, 3.8) is 0 Å². The van der Waals surface area contributed by atoms with Crippen molar-refractivity contribution in [1.29, 1.82) is 0 Å². The molecule has 4 heteroatoms. The Balaban J connectivity index is 1.69. The number of benzene rings is 2. The molecule has 0 spiro atoms. The van der Waals surface area contributed by atoms with Crippen molar-refractivity contribution in [3.8, 4) is 11.1 Å². The predicted molar refractivity (Wildman–Crippen MR) is 129 cm³/mol. The van der Waals surface area contributed by atoms with E-state index in [1.54, 1.807) is 0 Å². The van der Waals surface area contributed by atoms with Crippen molar-refractivity contribution in [2.45, 2.75) is 58.2 Å². The fourth-order valence-corrected chi connectivity index (χ4v) is 4.98. The van der Waals surface area contributed by atoms with Gasteiger partial charge >= 0.3 is 0 Å². The molecule has 1 unspecified atom stereocenters. The Morgan fingerprint density at radius 2 is 1.72 bits per heavy atom. The number of halogens is 1. The molecule has 2 aliphatic rings. The lowest BCUT2D eigenvalue weighted by atomic mass is 9.92. The Labute approximate surface area is 191 Å². The molecule has 1 fully saturated rings. The molecule has 4 rings (SSSR count). The van der Waals surface area contributed by atoms with Crippen LogP contribution < -0.4 is 0 Å². The highest BCUT2D eigenvalue weighted by molar-refractivity contribution is 5.68. The normalized spacial score (nSPS) is 21.0. The number of allylic oxidation sites excluding steroid dienone is 2. The second-order valence-electron chi connectivity index (χ2n) is 9.42. The van der Waals surface area contributed by atoms with Gasteiger partial charge in [0.15, 0.2) is 5.72 Å². The fourth-order valence-electron chi connectivity index (χ4n) is 4.98. The lowest BCUT2D eigenvalue weighted by molar-refractivity contribution is -0.0920. The van der Waals surface area contributed by atoms with Gasteiger partial charge < -0.3 is 10.0 Å². The zero-order valence-electron chi connectivity index (χ0n) is 19.5. The average molecular weight is 435 g/mol. The van der Waals surface area contributed by atoms with E-state index in [-0.39, 0.29) is 11.9 Å². The van der Waals surface area contributed by atoms with E-state index in [4.69, 9.17) is 0 Å². The van der Waals surface area contributed by atoms with Gasteiger partial charge in [0.2, 0.25) is 0 Å². The molecule has 0 aliphatic carbocycles. The molecule has 0 aromatic heterocycles. The Morgan fingerprint density at radius 1 is 1.03 bits per heavy atom. The first-order valence-electron chi connectivity index (χ1n) is 11.9. The van der Waals surface area contributed by atoms with Crippen molar-refractivity contribution in [1.82, 2.24) is 9.80 Å². The second kappa shape index (κ2) is 9.60. The van der Waals surface area contributed by atoms with Crippen LogP contribution in [0.25, 0.3) is 11.1 Å². The van der Waals surface area contributed by atoms with Gasteiger partial charge in [0.05, 0.1) is 11.7 Å². The molecule has 0 amide bonds. The minimum atomic E-state index is -1.03. The summed E-state index contributed by atoms with van der Waals surface area (Å²) in [5.74, 6) is 0.481. The van der Waals surface area contributed by atoms with Crippen LogP contribution in [0.15, 0.2) is 72.6 Å². The van der Waals surface area contributed by atoms with Gasteiger partial charge in [-0.1, -0.05) is 55.5 Å². The molecule has 2 aliphatic heterocycles. The van der Waals surface area contributed by atoms with Crippen molar-refractivity contribution in [2.24, 2.45) is 5.92 Å². The first kappa shape index (κ1) is 22.8. The van der Waals surface area contributed by atoms with Crippen LogP contribution in [-0.4, -0.2) is 33.7 Å². The van der Waals surface area contributed by atoms with Crippen molar-refractivity contribution < 1.29 is 9.50 Å². The molecular weight excluding hydrogens is 399 g/mol. The summed E-state index contributed by atoms with van der Waals surface area (Å²) in [5.41, 5.74) is 3.15. The maximum absolute atomic E-state index is 13.5. The summed E-state index contributed by atoms with van der Waals surface area (Å²) in [5, 5.41) is 11.8. The number of rotatable bonds is 5. The molecule has 2 aromatic carbocycles. The van der Waals surface area contributed by atoms with E-state index < -0.39 is 5.72 Å². The number of nitrogens with zero attached hydrogens (tertiary/aromatic N) is 2. The monoisotopic (exact) mass is 434 g/mol.